The summed E-state index contributed by atoms with van der Waals surface area (Å²) < 4.78 is 7.39. The van der Waals surface area contributed by atoms with Crippen LogP contribution in [0.4, 0.5) is 0 Å². The maximum Gasteiger partial charge on any atom is 0.215 e. The first-order chi connectivity index (χ1) is 9.89. The van der Waals surface area contributed by atoms with Gasteiger partial charge in [-0.3, -0.25) is 0 Å². The van der Waals surface area contributed by atoms with E-state index in [1.54, 1.807) is 7.11 Å². The second kappa shape index (κ2) is 6.20. The molecule has 0 N–H and O–H groups in total. The van der Waals surface area contributed by atoms with Crippen molar-refractivity contribution in [3.63, 3.8) is 0 Å². The van der Waals surface area contributed by atoms with Gasteiger partial charge in [0.1, 0.15) is 11.3 Å². The third-order valence-corrected chi connectivity index (χ3v) is 4.12. The third-order valence-electron chi connectivity index (χ3n) is 3.93. The molecule has 2 aromatic heterocycles. The first-order valence-corrected chi connectivity index (χ1v) is 7.56. The van der Waals surface area contributed by atoms with Crippen molar-refractivity contribution in [3.05, 3.63) is 18.0 Å². The fourth-order valence-corrected chi connectivity index (χ4v) is 2.28. The lowest BCUT2D eigenvalue weighted by Crippen LogP contribution is -2.42. The summed E-state index contributed by atoms with van der Waals surface area (Å²) in [6.45, 7) is 5.19. The summed E-state index contributed by atoms with van der Waals surface area (Å²) in [6.07, 6.45) is 0.726. The van der Waals surface area contributed by atoms with Crippen molar-refractivity contribution in [3.8, 4) is 5.88 Å². The number of aryl methyl sites for hydroxylation is 1. The predicted octanol–water partition coefficient (Wildman–Crippen LogP) is 2.56. The molecule has 2 heterocycles. The average molecular weight is 311 g/mol. The molecule has 0 unspecified atom stereocenters. The van der Waals surface area contributed by atoms with Gasteiger partial charge in [0, 0.05) is 30.5 Å². The van der Waals surface area contributed by atoms with Crippen molar-refractivity contribution < 1.29 is 4.74 Å². The van der Waals surface area contributed by atoms with E-state index in [0.29, 0.717) is 11.8 Å². The second-order valence-corrected chi connectivity index (χ2v) is 6.33. The Morgan fingerprint density at radius 3 is 2.57 bits per heavy atom. The number of fused-ring (bicyclic) bond motifs is 1. The molecule has 0 amide bonds. The number of halogens is 1. The van der Waals surface area contributed by atoms with Gasteiger partial charge in [0.25, 0.3) is 0 Å². The smallest absolute Gasteiger partial charge is 0.215 e. The molecule has 0 aliphatic carbocycles. The van der Waals surface area contributed by atoms with Crippen LogP contribution in [0.1, 0.15) is 19.7 Å². The molecule has 0 spiro atoms. The van der Waals surface area contributed by atoms with Crippen molar-refractivity contribution in [1.82, 2.24) is 19.4 Å². The van der Waals surface area contributed by atoms with Crippen LogP contribution in [0.25, 0.3) is 11.2 Å². The van der Waals surface area contributed by atoms with Crippen molar-refractivity contribution in [2.45, 2.75) is 32.4 Å². The number of hydrogen-bond donors (Lipinski definition) is 0. The molecular formula is C15H23ClN4O. The van der Waals surface area contributed by atoms with Crippen LogP contribution >= 0.6 is 11.6 Å². The molecule has 5 nitrogen and oxygen atoms in total. The van der Waals surface area contributed by atoms with Gasteiger partial charge in [-0.15, -0.1) is 11.6 Å². The maximum absolute atomic E-state index is 5.92. The molecule has 6 heteroatoms. The van der Waals surface area contributed by atoms with Gasteiger partial charge in [0.05, 0.1) is 7.11 Å². The largest absolute Gasteiger partial charge is 0.481 e. The minimum absolute atomic E-state index is 0.0144. The summed E-state index contributed by atoms with van der Waals surface area (Å²) in [4.78, 5) is 11.4. The molecule has 116 valence electrons. The molecule has 0 fully saturated rings. The summed E-state index contributed by atoms with van der Waals surface area (Å²) in [7, 11) is 5.78. The van der Waals surface area contributed by atoms with E-state index in [9.17, 15) is 0 Å². The number of aromatic nitrogens is 3. The molecule has 21 heavy (non-hydrogen) atoms. The van der Waals surface area contributed by atoms with E-state index in [2.05, 4.69) is 47.4 Å². The molecule has 0 saturated carbocycles. The van der Waals surface area contributed by atoms with Gasteiger partial charge in [-0.2, -0.15) is 4.98 Å². The zero-order valence-electron chi connectivity index (χ0n) is 13.4. The van der Waals surface area contributed by atoms with E-state index >= 15 is 0 Å². The van der Waals surface area contributed by atoms with Crippen LogP contribution in [0.15, 0.2) is 12.1 Å². The fourth-order valence-electron chi connectivity index (χ4n) is 2.11. The fraction of sp³-hybridized carbons (Fsp3) is 0.600. The highest BCUT2D eigenvalue weighted by Gasteiger charge is 2.24. The second-order valence-electron chi connectivity index (χ2n) is 5.96. The van der Waals surface area contributed by atoms with Gasteiger partial charge in [-0.05, 0) is 34.0 Å². The van der Waals surface area contributed by atoms with Gasteiger partial charge in [0.15, 0.2) is 5.65 Å². The number of pyridine rings is 1. The van der Waals surface area contributed by atoms with Crippen LogP contribution < -0.4 is 4.74 Å². The van der Waals surface area contributed by atoms with E-state index in [1.807, 2.05) is 12.1 Å². The van der Waals surface area contributed by atoms with Gasteiger partial charge in [-0.25, -0.2) is 4.98 Å². The van der Waals surface area contributed by atoms with Gasteiger partial charge in [0.2, 0.25) is 5.88 Å². The first kappa shape index (κ1) is 16.0. The monoisotopic (exact) mass is 310 g/mol. The van der Waals surface area contributed by atoms with Crippen molar-refractivity contribution in [2.24, 2.45) is 0 Å². The lowest BCUT2D eigenvalue weighted by atomic mass is 10.0. The molecule has 0 aliphatic rings. The van der Waals surface area contributed by atoms with E-state index in [1.165, 1.54) is 0 Å². The summed E-state index contributed by atoms with van der Waals surface area (Å²) in [5.41, 5.74) is 1.72. The number of likely N-dealkylation sites (N-methyl/N-ethyl adjacent to an activating group) is 1. The summed E-state index contributed by atoms with van der Waals surface area (Å²) in [6, 6.07) is 3.78. The molecule has 0 bridgehead atoms. The number of rotatable bonds is 6. The number of alkyl halides is 1. The Kier molecular flexibility index (Phi) is 4.74. The minimum Gasteiger partial charge on any atom is -0.481 e. The third kappa shape index (κ3) is 3.30. The topological polar surface area (TPSA) is 43.2 Å². The van der Waals surface area contributed by atoms with Crippen LogP contribution in [0.5, 0.6) is 5.88 Å². The average Bonchev–Trinajstić information content (AvgIpc) is 2.76. The molecule has 0 radical (unpaired) electrons. The van der Waals surface area contributed by atoms with Crippen molar-refractivity contribution in [1.29, 1.82) is 0 Å². The van der Waals surface area contributed by atoms with E-state index in [-0.39, 0.29) is 5.54 Å². The van der Waals surface area contributed by atoms with Gasteiger partial charge in [-0.1, -0.05) is 0 Å². The summed E-state index contributed by atoms with van der Waals surface area (Å²) in [5.74, 6) is 2.11. The number of imidazole rings is 1. The zero-order chi connectivity index (χ0) is 15.6. The number of ether oxygens (including phenoxy) is 1. The lowest BCUT2D eigenvalue weighted by Gasteiger charge is -2.33. The standard InChI is InChI=1S/C15H23ClN4O/c1-15(2,19(3)4)10-20-12(8-9-16)17-11-6-7-13(21-5)18-14(11)20/h6-7H,8-10H2,1-5H3. The lowest BCUT2D eigenvalue weighted by molar-refractivity contribution is 0.169. The minimum atomic E-state index is -0.0144. The van der Waals surface area contributed by atoms with Crippen LogP contribution in [0, 0.1) is 0 Å². The predicted molar refractivity (Wildman–Crippen MR) is 86.3 cm³/mol. The molecule has 0 aromatic carbocycles. The number of methoxy groups -OCH3 is 1. The van der Waals surface area contributed by atoms with E-state index in [4.69, 9.17) is 16.3 Å². The molecular weight excluding hydrogens is 288 g/mol. The quantitative estimate of drug-likeness (QED) is 0.769. The summed E-state index contributed by atoms with van der Waals surface area (Å²) >= 11 is 5.92. The Bertz CT molecular complexity index is 621. The van der Waals surface area contributed by atoms with Crippen LogP contribution in [0.2, 0.25) is 0 Å². The molecule has 0 aliphatic heterocycles. The highest BCUT2D eigenvalue weighted by atomic mass is 35.5. The van der Waals surface area contributed by atoms with Gasteiger partial charge >= 0.3 is 0 Å². The maximum atomic E-state index is 5.92. The Balaban J connectivity index is 2.53. The Hall–Kier alpha value is -1.33. The zero-order valence-corrected chi connectivity index (χ0v) is 14.1. The van der Waals surface area contributed by atoms with Crippen LogP contribution in [-0.4, -0.2) is 52.1 Å². The number of hydrogen-bond acceptors (Lipinski definition) is 4. The van der Waals surface area contributed by atoms with Crippen LogP contribution in [0.3, 0.4) is 0 Å². The van der Waals surface area contributed by atoms with Gasteiger partial charge < -0.3 is 14.2 Å². The normalized spacial score (nSPS) is 12.3. The number of nitrogens with zero attached hydrogens (tertiary/aromatic N) is 4. The molecule has 0 saturated heterocycles. The van der Waals surface area contributed by atoms with Crippen molar-refractivity contribution >= 4 is 22.8 Å². The Morgan fingerprint density at radius 2 is 2.00 bits per heavy atom. The van der Waals surface area contributed by atoms with E-state index < -0.39 is 0 Å². The van der Waals surface area contributed by atoms with Crippen molar-refractivity contribution in [2.75, 3.05) is 27.1 Å². The first-order valence-electron chi connectivity index (χ1n) is 7.02. The SMILES string of the molecule is COc1ccc2nc(CCCl)n(CC(C)(C)N(C)C)c2n1. The summed E-state index contributed by atoms with van der Waals surface area (Å²) in [5, 5.41) is 0. The molecule has 2 aromatic rings. The highest BCUT2D eigenvalue weighted by molar-refractivity contribution is 6.17. The Labute approximate surface area is 130 Å². The van der Waals surface area contributed by atoms with E-state index in [0.717, 1.165) is 30.0 Å². The molecule has 2 rings (SSSR count). The van der Waals surface area contributed by atoms with Crippen LogP contribution in [-0.2, 0) is 13.0 Å². The Morgan fingerprint density at radius 1 is 1.29 bits per heavy atom. The molecule has 0 atom stereocenters. The highest BCUT2D eigenvalue weighted by Crippen LogP contribution is 2.22.